The molecule has 2 rings (SSSR count). The molecular weight excluding hydrogens is 281 g/mol. The van der Waals surface area contributed by atoms with Crippen LogP contribution in [0.2, 0.25) is 0 Å². The highest BCUT2D eigenvalue weighted by atomic mass is 19.1. The molecule has 22 heavy (non-hydrogen) atoms. The molecule has 116 valence electrons. The monoisotopic (exact) mass is 301 g/mol. The third kappa shape index (κ3) is 3.85. The maximum Gasteiger partial charge on any atom is 0.251 e. The third-order valence-corrected chi connectivity index (χ3v) is 3.53. The first-order valence-corrected chi connectivity index (χ1v) is 7.21. The molecule has 1 N–H and O–H groups in total. The molecule has 0 bridgehead atoms. The summed E-state index contributed by atoms with van der Waals surface area (Å²) in [5, 5.41) is 3.00. The predicted octanol–water partition coefficient (Wildman–Crippen LogP) is 3.96. The van der Waals surface area contributed by atoms with E-state index in [1.54, 1.807) is 7.11 Å². The molecule has 0 saturated carbocycles. The Labute approximate surface area is 130 Å². The third-order valence-electron chi connectivity index (χ3n) is 3.53. The first-order chi connectivity index (χ1) is 10.5. The summed E-state index contributed by atoms with van der Waals surface area (Å²) in [5.41, 5.74) is 1.45. The Bertz CT molecular complexity index is 621. The van der Waals surface area contributed by atoms with Gasteiger partial charge in [0.15, 0.2) is 0 Å². The van der Waals surface area contributed by atoms with Crippen molar-refractivity contribution in [2.24, 2.45) is 5.92 Å². The van der Waals surface area contributed by atoms with Crippen molar-refractivity contribution >= 4 is 5.91 Å². The molecule has 0 unspecified atom stereocenters. The van der Waals surface area contributed by atoms with Crippen molar-refractivity contribution in [1.29, 1.82) is 0 Å². The molecule has 4 heteroatoms. The Hall–Kier alpha value is -2.36. The van der Waals surface area contributed by atoms with Gasteiger partial charge in [-0.25, -0.2) is 4.39 Å². The van der Waals surface area contributed by atoms with Crippen molar-refractivity contribution < 1.29 is 13.9 Å². The summed E-state index contributed by atoms with van der Waals surface area (Å²) in [4.78, 5) is 12.3. The second kappa shape index (κ2) is 7.07. The summed E-state index contributed by atoms with van der Waals surface area (Å²) in [5.74, 6) is 0.426. The van der Waals surface area contributed by atoms with Crippen LogP contribution in [0.15, 0.2) is 48.5 Å². The standard InChI is InChI=1S/C18H20FNO2/c1-12(2)17(13-6-10-16(22-3)11-7-13)20-18(21)14-4-8-15(19)9-5-14/h4-12,17H,1-3H3,(H,20,21)/t17-/m0/s1. The van der Waals surface area contributed by atoms with Gasteiger partial charge in [-0.1, -0.05) is 26.0 Å². The predicted molar refractivity (Wildman–Crippen MR) is 84.4 cm³/mol. The molecular formula is C18H20FNO2. The van der Waals surface area contributed by atoms with E-state index in [1.807, 2.05) is 38.1 Å². The Morgan fingerprint density at radius 2 is 1.64 bits per heavy atom. The smallest absolute Gasteiger partial charge is 0.251 e. The van der Waals surface area contributed by atoms with Crippen LogP contribution in [0.1, 0.15) is 35.8 Å². The van der Waals surface area contributed by atoms with Gasteiger partial charge >= 0.3 is 0 Å². The molecule has 0 aliphatic carbocycles. The highest BCUT2D eigenvalue weighted by Crippen LogP contribution is 2.24. The molecule has 3 nitrogen and oxygen atoms in total. The number of carbonyl (C=O) groups is 1. The second-order valence-electron chi connectivity index (χ2n) is 5.48. The molecule has 0 aliphatic heterocycles. The van der Waals surface area contributed by atoms with Crippen LogP contribution in [0.4, 0.5) is 4.39 Å². The van der Waals surface area contributed by atoms with Crippen LogP contribution in [0.25, 0.3) is 0 Å². The number of ether oxygens (including phenoxy) is 1. The van der Waals surface area contributed by atoms with Crippen LogP contribution in [0.3, 0.4) is 0 Å². The average molecular weight is 301 g/mol. The fourth-order valence-electron chi connectivity index (χ4n) is 2.27. The molecule has 0 fully saturated rings. The molecule has 1 atom stereocenters. The number of amides is 1. The van der Waals surface area contributed by atoms with Crippen LogP contribution in [-0.4, -0.2) is 13.0 Å². The number of methoxy groups -OCH3 is 1. The zero-order valence-corrected chi connectivity index (χ0v) is 13.0. The number of benzene rings is 2. The van der Waals surface area contributed by atoms with Crippen molar-refractivity contribution in [3.05, 3.63) is 65.5 Å². The van der Waals surface area contributed by atoms with E-state index in [4.69, 9.17) is 4.74 Å². The Kier molecular flexibility index (Phi) is 5.15. The van der Waals surface area contributed by atoms with Crippen molar-refractivity contribution in [1.82, 2.24) is 5.32 Å². The second-order valence-corrected chi connectivity index (χ2v) is 5.48. The van der Waals surface area contributed by atoms with E-state index in [9.17, 15) is 9.18 Å². The Morgan fingerprint density at radius 3 is 2.14 bits per heavy atom. The first kappa shape index (κ1) is 16.0. The molecule has 0 heterocycles. The number of rotatable bonds is 5. The number of hydrogen-bond donors (Lipinski definition) is 1. The van der Waals surface area contributed by atoms with Gasteiger partial charge in [-0.3, -0.25) is 4.79 Å². The largest absolute Gasteiger partial charge is 0.497 e. The van der Waals surface area contributed by atoms with E-state index in [0.717, 1.165) is 11.3 Å². The lowest BCUT2D eigenvalue weighted by Gasteiger charge is -2.23. The van der Waals surface area contributed by atoms with Crippen molar-refractivity contribution in [2.75, 3.05) is 7.11 Å². The van der Waals surface area contributed by atoms with Crippen molar-refractivity contribution in [3.8, 4) is 5.75 Å². The number of halogens is 1. The summed E-state index contributed by atoms with van der Waals surface area (Å²) in [6.07, 6.45) is 0. The van der Waals surface area contributed by atoms with Gasteiger partial charge in [0.05, 0.1) is 13.2 Å². The fourth-order valence-corrected chi connectivity index (χ4v) is 2.27. The fraction of sp³-hybridized carbons (Fsp3) is 0.278. The topological polar surface area (TPSA) is 38.3 Å². The maximum atomic E-state index is 12.9. The van der Waals surface area contributed by atoms with E-state index >= 15 is 0 Å². The number of hydrogen-bond acceptors (Lipinski definition) is 2. The van der Waals surface area contributed by atoms with E-state index in [0.29, 0.717) is 5.56 Å². The molecule has 0 saturated heterocycles. The van der Waals surface area contributed by atoms with Gasteiger partial charge in [0.25, 0.3) is 5.91 Å². The van der Waals surface area contributed by atoms with Crippen LogP contribution < -0.4 is 10.1 Å². The Balaban J connectivity index is 2.17. The van der Waals surface area contributed by atoms with Gasteiger partial charge < -0.3 is 10.1 Å². The zero-order valence-electron chi connectivity index (χ0n) is 13.0. The molecule has 0 aromatic heterocycles. The van der Waals surface area contributed by atoms with Gasteiger partial charge in [-0.15, -0.1) is 0 Å². The summed E-state index contributed by atoms with van der Waals surface area (Å²) >= 11 is 0. The van der Waals surface area contributed by atoms with E-state index in [2.05, 4.69) is 5.32 Å². The minimum Gasteiger partial charge on any atom is -0.497 e. The van der Waals surface area contributed by atoms with Crippen molar-refractivity contribution in [2.45, 2.75) is 19.9 Å². The number of nitrogens with one attached hydrogen (secondary N) is 1. The van der Waals surface area contributed by atoms with E-state index < -0.39 is 0 Å². The summed E-state index contributed by atoms with van der Waals surface area (Å²) < 4.78 is 18.1. The van der Waals surface area contributed by atoms with Crippen LogP contribution in [-0.2, 0) is 0 Å². The minimum absolute atomic E-state index is 0.122. The van der Waals surface area contributed by atoms with Gasteiger partial charge in [-0.05, 0) is 47.9 Å². The lowest BCUT2D eigenvalue weighted by molar-refractivity contribution is 0.0925. The molecule has 0 radical (unpaired) electrons. The summed E-state index contributed by atoms with van der Waals surface area (Å²) in [7, 11) is 1.62. The summed E-state index contributed by atoms with van der Waals surface area (Å²) in [6.45, 7) is 4.08. The highest BCUT2D eigenvalue weighted by molar-refractivity contribution is 5.94. The highest BCUT2D eigenvalue weighted by Gasteiger charge is 2.19. The summed E-state index contributed by atoms with van der Waals surface area (Å²) in [6, 6.07) is 13.0. The van der Waals surface area contributed by atoms with Gasteiger partial charge in [0.1, 0.15) is 11.6 Å². The van der Waals surface area contributed by atoms with Gasteiger partial charge in [-0.2, -0.15) is 0 Å². The first-order valence-electron chi connectivity index (χ1n) is 7.21. The molecule has 0 aliphatic rings. The molecule has 2 aromatic rings. The van der Waals surface area contributed by atoms with Crippen molar-refractivity contribution in [3.63, 3.8) is 0 Å². The van der Waals surface area contributed by atoms with Gasteiger partial charge in [0.2, 0.25) is 0 Å². The lowest BCUT2D eigenvalue weighted by Crippen LogP contribution is -2.31. The maximum absolute atomic E-state index is 12.9. The zero-order chi connectivity index (χ0) is 16.1. The van der Waals surface area contributed by atoms with E-state index in [1.165, 1.54) is 24.3 Å². The average Bonchev–Trinajstić information content (AvgIpc) is 2.53. The van der Waals surface area contributed by atoms with Gasteiger partial charge in [0, 0.05) is 5.56 Å². The SMILES string of the molecule is COc1ccc([C@@H](NC(=O)c2ccc(F)cc2)C(C)C)cc1. The minimum atomic E-state index is -0.355. The molecule has 1 amide bonds. The number of carbonyl (C=O) groups excluding carboxylic acids is 1. The normalized spacial score (nSPS) is 12.0. The van der Waals surface area contributed by atoms with Crippen LogP contribution in [0.5, 0.6) is 5.75 Å². The molecule has 2 aromatic carbocycles. The molecule has 0 spiro atoms. The quantitative estimate of drug-likeness (QED) is 0.907. The Morgan fingerprint density at radius 1 is 1.05 bits per heavy atom. The van der Waals surface area contributed by atoms with Crippen LogP contribution >= 0.6 is 0 Å². The van der Waals surface area contributed by atoms with Crippen LogP contribution in [0, 0.1) is 11.7 Å². The van der Waals surface area contributed by atoms with E-state index in [-0.39, 0.29) is 23.7 Å². The lowest BCUT2D eigenvalue weighted by atomic mass is 9.95.